The van der Waals surface area contributed by atoms with Gasteiger partial charge in [0.05, 0.1) is 18.9 Å². The number of rotatable bonds is 5. The van der Waals surface area contributed by atoms with Crippen molar-refractivity contribution in [3.05, 3.63) is 23.2 Å². The highest BCUT2D eigenvalue weighted by Crippen LogP contribution is 2.33. The van der Waals surface area contributed by atoms with E-state index in [0.29, 0.717) is 6.04 Å². The van der Waals surface area contributed by atoms with Gasteiger partial charge in [0.25, 0.3) is 0 Å². The van der Waals surface area contributed by atoms with Crippen LogP contribution in [-0.4, -0.2) is 58.5 Å². The van der Waals surface area contributed by atoms with Gasteiger partial charge in [0, 0.05) is 44.4 Å². The highest BCUT2D eigenvalue weighted by molar-refractivity contribution is 6.30. The molecule has 2 atom stereocenters. The van der Waals surface area contributed by atoms with Crippen molar-refractivity contribution >= 4 is 23.2 Å². The zero-order valence-electron chi connectivity index (χ0n) is 15.6. The Balaban J connectivity index is 1.52. The minimum absolute atomic E-state index is 0.290. The first-order valence-electron chi connectivity index (χ1n) is 9.37. The summed E-state index contributed by atoms with van der Waals surface area (Å²) in [6.45, 7) is 3.52. The van der Waals surface area contributed by atoms with Gasteiger partial charge in [0.2, 0.25) is 0 Å². The van der Waals surface area contributed by atoms with Crippen LogP contribution < -0.4 is 20.3 Å². The molecule has 1 aromatic carbocycles. The fourth-order valence-corrected chi connectivity index (χ4v) is 3.74. The van der Waals surface area contributed by atoms with Gasteiger partial charge in [-0.3, -0.25) is 4.99 Å². The number of aliphatic imine (C=N–C) groups is 1. The molecule has 2 N–H and O–H groups in total. The van der Waals surface area contributed by atoms with Crippen molar-refractivity contribution in [3.63, 3.8) is 0 Å². The minimum Gasteiger partial charge on any atom is -0.495 e. The maximum Gasteiger partial charge on any atom is 0.191 e. The second-order valence-corrected chi connectivity index (χ2v) is 7.27. The number of hydrogen-bond acceptors (Lipinski definition) is 4. The van der Waals surface area contributed by atoms with Crippen LogP contribution in [0.2, 0.25) is 5.02 Å². The van der Waals surface area contributed by atoms with Crippen molar-refractivity contribution in [1.29, 1.82) is 0 Å². The molecule has 2 aliphatic rings. The molecule has 1 aromatic rings. The number of methoxy groups -OCH3 is 1. The molecule has 144 valence electrons. The number of ether oxygens (including phenoxy) is 2. The Morgan fingerprint density at radius 3 is 3.00 bits per heavy atom. The van der Waals surface area contributed by atoms with Gasteiger partial charge in [-0.1, -0.05) is 11.6 Å². The smallest absolute Gasteiger partial charge is 0.191 e. The average Bonchev–Trinajstić information content (AvgIpc) is 3.14. The fraction of sp³-hybridized carbons (Fsp3) is 0.632. The van der Waals surface area contributed by atoms with Crippen LogP contribution in [0.5, 0.6) is 5.75 Å². The highest BCUT2D eigenvalue weighted by Gasteiger charge is 2.26. The van der Waals surface area contributed by atoms with Crippen molar-refractivity contribution in [1.82, 2.24) is 10.6 Å². The second-order valence-electron chi connectivity index (χ2n) is 6.83. The summed E-state index contributed by atoms with van der Waals surface area (Å²) >= 11 is 6.17. The maximum atomic E-state index is 6.17. The molecule has 7 heteroatoms. The molecule has 0 saturated carbocycles. The van der Waals surface area contributed by atoms with E-state index in [2.05, 4.69) is 20.5 Å². The number of hydrogen-bond donors (Lipinski definition) is 2. The quantitative estimate of drug-likeness (QED) is 0.607. The lowest BCUT2D eigenvalue weighted by Gasteiger charge is -2.25. The molecule has 0 aliphatic carbocycles. The van der Waals surface area contributed by atoms with E-state index in [1.807, 2.05) is 25.2 Å². The molecular formula is C19H29ClN4O2. The molecule has 2 heterocycles. The van der Waals surface area contributed by atoms with E-state index in [4.69, 9.17) is 21.1 Å². The van der Waals surface area contributed by atoms with Crippen LogP contribution >= 0.6 is 11.6 Å². The predicted octanol–water partition coefficient (Wildman–Crippen LogP) is 2.66. The number of guanidine groups is 1. The normalized spacial score (nSPS) is 23.8. The van der Waals surface area contributed by atoms with Crippen molar-refractivity contribution < 1.29 is 9.47 Å². The van der Waals surface area contributed by atoms with Crippen LogP contribution in [0.25, 0.3) is 0 Å². The average molecular weight is 381 g/mol. The van der Waals surface area contributed by atoms with Gasteiger partial charge in [-0.25, -0.2) is 0 Å². The van der Waals surface area contributed by atoms with Gasteiger partial charge in [-0.05, 0) is 43.9 Å². The predicted molar refractivity (Wildman–Crippen MR) is 107 cm³/mol. The van der Waals surface area contributed by atoms with Crippen LogP contribution in [0.3, 0.4) is 0 Å². The third kappa shape index (κ3) is 4.95. The molecule has 2 aliphatic heterocycles. The van der Waals surface area contributed by atoms with Gasteiger partial charge in [-0.2, -0.15) is 0 Å². The van der Waals surface area contributed by atoms with Crippen molar-refractivity contribution in [3.8, 4) is 5.75 Å². The summed E-state index contributed by atoms with van der Waals surface area (Å²) in [7, 11) is 3.50. The Labute approximate surface area is 160 Å². The van der Waals surface area contributed by atoms with E-state index < -0.39 is 0 Å². The molecule has 0 bridgehead atoms. The van der Waals surface area contributed by atoms with Crippen molar-refractivity contribution in [2.24, 2.45) is 4.99 Å². The van der Waals surface area contributed by atoms with E-state index in [-0.39, 0.29) is 6.10 Å². The second kappa shape index (κ2) is 9.33. The molecule has 6 nitrogen and oxygen atoms in total. The Kier molecular flexibility index (Phi) is 6.86. The summed E-state index contributed by atoms with van der Waals surface area (Å²) in [5.74, 6) is 1.69. The van der Waals surface area contributed by atoms with Gasteiger partial charge in [0.15, 0.2) is 5.96 Å². The Hall–Kier alpha value is -1.66. The fourth-order valence-electron chi connectivity index (χ4n) is 3.57. The number of halogens is 1. The van der Waals surface area contributed by atoms with E-state index in [1.54, 1.807) is 7.11 Å². The van der Waals surface area contributed by atoms with E-state index in [0.717, 1.165) is 61.5 Å². The van der Waals surface area contributed by atoms with Gasteiger partial charge < -0.3 is 25.0 Å². The number of nitrogens with zero attached hydrogens (tertiary/aromatic N) is 2. The SMILES string of the molecule is CN=C(NCC1CCCCO1)NC1CCN(c2cc(Cl)ccc2OC)C1. The lowest BCUT2D eigenvalue weighted by molar-refractivity contribution is 0.0194. The first kappa shape index (κ1) is 19.1. The zero-order chi connectivity index (χ0) is 18.4. The molecule has 26 heavy (non-hydrogen) atoms. The highest BCUT2D eigenvalue weighted by atomic mass is 35.5. The number of benzene rings is 1. The molecular weight excluding hydrogens is 352 g/mol. The molecule has 2 fully saturated rings. The topological polar surface area (TPSA) is 58.1 Å². The summed E-state index contributed by atoms with van der Waals surface area (Å²) in [6.07, 6.45) is 4.87. The van der Waals surface area contributed by atoms with Crippen molar-refractivity contribution in [2.75, 3.05) is 45.3 Å². The maximum absolute atomic E-state index is 6.17. The van der Waals surface area contributed by atoms with Crippen LogP contribution in [0.4, 0.5) is 5.69 Å². The summed E-state index contributed by atoms with van der Waals surface area (Å²) in [6, 6.07) is 6.07. The van der Waals surface area contributed by atoms with Crippen LogP contribution in [0.15, 0.2) is 23.2 Å². The lowest BCUT2D eigenvalue weighted by Crippen LogP contribution is -2.47. The minimum atomic E-state index is 0.290. The van der Waals surface area contributed by atoms with Crippen LogP contribution in [-0.2, 0) is 4.74 Å². The third-order valence-corrected chi connectivity index (χ3v) is 5.24. The Bertz CT molecular complexity index is 620. The Morgan fingerprint density at radius 2 is 2.27 bits per heavy atom. The lowest BCUT2D eigenvalue weighted by atomic mass is 10.1. The van der Waals surface area contributed by atoms with Gasteiger partial charge in [0.1, 0.15) is 5.75 Å². The van der Waals surface area contributed by atoms with Crippen LogP contribution in [0, 0.1) is 0 Å². The third-order valence-electron chi connectivity index (χ3n) is 5.01. The summed E-state index contributed by atoms with van der Waals surface area (Å²) in [4.78, 5) is 6.66. The van der Waals surface area contributed by atoms with E-state index in [1.165, 1.54) is 12.8 Å². The largest absolute Gasteiger partial charge is 0.495 e. The van der Waals surface area contributed by atoms with E-state index in [9.17, 15) is 0 Å². The van der Waals surface area contributed by atoms with Gasteiger partial charge >= 0.3 is 0 Å². The number of nitrogens with one attached hydrogen (secondary N) is 2. The summed E-state index contributed by atoms with van der Waals surface area (Å²) < 4.78 is 11.3. The van der Waals surface area contributed by atoms with E-state index >= 15 is 0 Å². The number of anilines is 1. The summed E-state index contributed by atoms with van der Waals surface area (Å²) in [5, 5.41) is 7.65. The molecule has 0 aromatic heterocycles. The summed E-state index contributed by atoms with van der Waals surface area (Å²) in [5.41, 5.74) is 1.04. The molecule has 2 saturated heterocycles. The standard InChI is InChI=1S/C19H29ClN4O2/c1-21-19(22-12-16-5-3-4-10-26-16)23-15-8-9-24(13-15)17-11-14(20)6-7-18(17)25-2/h6-7,11,15-16H,3-5,8-10,12-13H2,1-2H3,(H2,21,22,23). The monoisotopic (exact) mass is 380 g/mol. The molecule has 0 amide bonds. The van der Waals surface area contributed by atoms with Crippen LogP contribution in [0.1, 0.15) is 25.7 Å². The first-order valence-corrected chi connectivity index (χ1v) is 9.74. The van der Waals surface area contributed by atoms with Crippen molar-refractivity contribution in [2.45, 2.75) is 37.8 Å². The first-order chi connectivity index (χ1) is 12.7. The molecule has 2 unspecified atom stereocenters. The zero-order valence-corrected chi connectivity index (χ0v) is 16.4. The molecule has 3 rings (SSSR count). The molecule has 0 radical (unpaired) electrons. The Morgan fingerprint density at radius 1 is 1.38 bits per heavy atom. The molecule has 0 spiro atoms. The van der Waals surface area contributed by atoms with Gasteiger partial charge in [-0.15, -0.1) is 0 Å².